The van der Waals surface area contributed by atoms with Crippen molar-refractivity contribution in [2.45, 2.75) is 91.4 Å². The van der Waals surface area contributed by atoms with Gasteiger partial charge in [-0.3, -0.25) is 4.98 Å². The molecule has 1 aliphatic carbocycles. The van der Waals surface area contributed by atoms with Gasteiger partial charge in [0.1, 0.15) is 11.5 Å². The zero-order valence-corrected chi connectivity index (χ0v) is 28.3. The number of aryl methyl sites for hydroxylation is 2. The summed E-state index contributed by atoms with van der Waals surface area (Å²) in [5.74, 6) is 1.85. The highest BCUT2D eigenvalue weighted by molar-refractivity contribution is 7.33. The van der Waals surface area contributed by atoms with Crippen LogP contribution in [-0.2, 0) is 16.2 Å². The van der Waals surface area contributed by atoms with Crippen LogP contribution in [0.25, 0.3) is 10.1 Å². The second-order valence-corrected chi connectivity index (χ2v) is 16.6. The molecule has 0 unspecified atom stereocenters. The Morgan fingerprint density at radius 1 is 0.841 bits per heavy atom. The quantitative estimate of drug-likeness (QED) is 0.177. The summed E-state index contributed by atoms with van der Waals surface area (Å²) in [6.07, 6.45) is 2.39. The Labute approximate surface area is 266 Å². The number of anilines is 3. The Morgan fingerprint density at radius 2 is 1.57 bits per heavy atom. The molecule has 0 fully saturated rings. The third kappa shape index (κ3) is 3.84. The lowest BCUT2D eigenvalue weighted by Gasteiger charge is -2.43. The number of ether oxygens (including phenoxy) is 1. The van der Waals surface area contributed by atoms with E-state index in [0.29, 0.717) is 0 Å². The van der Waals surface area contributed by atoms with E-state index >= 15 is 0 Å². The molecular formula is C39H41BN2OS. The van der Waals surface area contributed by atoms with Gasteiger partial charge in [0, 0.05) is 26.0 Å². The standard InChI is InChI=1S/C39H41BN2OS/c1-22-33-32-35(23(2)41-22)43-30-13-11-10-12-29(30)40(32)36-34(26-16-14-24(37(3,4)5)20-31(26)44-36)42(33)25-15-17-27-28(21-25)39(8,9)19-18-38(27,6)7/h10-17,20-21H,18-19H2,1-9H3. The van der Waals surface area contributed by atoms with Crippen molar-refractivity contribution < 1.29 is 4.74 Å². The maximum absolute atomic E-state index is 6.71. The molecule has 3 aliphatic rings. The van der Waals surface area contributed by atoms with Gasteiger partial charge in [0.25, 0.3) is 6.71 Å². The topological polar surface area (TPSA) is 25.4 Å². The Morgan fingerprint density at radius 3 is 2.32 bits per heavy atom. The second-order valence-electron chi connectivity index (χ2n) is 15.6. The van der Waals surface area contributed by atoms with Crippen molar-refractivity contribution in [2.24, 2.45) is 0 Å². The molecule has 2 aromatic heterocycles. The fraction of sp³-hybridized carbons (Fsp3) is 0.359. The van der Waals surface area contributed by atoms with E-state index in [-0.39, 0.29) is 23.0 Å². The minimum Gasteiger partial charge on any atom is -0.456 e. The van der Waals surface area contributed by atoms with Crippen molar-refractivity contribution in [3.05, 3.63) is 88.7 Å². The highest BCUT2D eigenvalue weighted by Crippen LogP contribution is 2.51. The second kappa shape index (κ2) is 9.00. The van der Waals surface area contributed by atoms with Crippen LogP contribution in [0.3, 0.4) is 0 Å². The largest absolute Gasteiger partial charge is 0.456 e. The molecular weight excluding hydrogens is 555 g/mol. The molecule has 0 saturated carbocycles. The number of fused-ring (bicyclic) bond motifs is 7. The molecule has 0 saturated heterocycles. The van der Waals surface area contributed by atoms with Crippen LogP contribution < -0.4 is 25.3 Å². The summed E-state index contributed by atoms with van der Waals surface area (Å²) < 4.78 is 9.44. The fourth-order valence-corrected chi connectivity index (χ4v) is 9.32. The first-order chi connectivity index (χ1) is 20.8. The van der Waals surface area contributed by atoms with Crippen LogP contribution in [0.2, 0.25) is 0 Å². The molecule has 0 spiro atoms. The van der Waals surface area contributed by atoms with Crippen LogP contribution in [-0.4, -0.2) is 11.7 Å². The molecule has 3 nitrogen and oxygen atoms in total. The van der Waals surface area contributed by atoms with E-state index in [1.165, 1.54) is 72.4 Å². The number of para-hydroxylation sites is 1. The number of rotatable bonds is 1. The van der Waals surface area contributed by atoms with E-state index in [4.69, 9.17) is 9.72 Å². The molecule has 3 aromatic carbocycles. The van der Waals surface area contributed by atoms with Crippen molar-refractivity contribution in [2.75, 3.05) is 4.90 Å². The van der Waals surface area contributed by atoms with Crippen LogP contribution in [0.5, 0.6) is 11.5 Å². The lowest BCUT2D eigenvalue weighted by molar-refractivity contribution is 0.332. The first kappa shape index (κ1) is 27.9. The van der Waals surface area contributed by atoms with E-state index in [9.17, 15) is 0 Å². The van der Waals surface area contributed by atoms with E-state index in [0.717, 1.165) is 22.9 Å². The number of hydrogen-bond donors (Lipinski definition) is 0. The van der Waals surface area contributed by atoms with Crippen LogP contribution in [0.15, 0.2) is 60.7 Å². The molecule has 222 valence electrons. The lowest BCUT2D eigenvalue weighted by Crippen LogP contribution is -2.59. The maximum atomic E-state index is 6.71. The number of nitrogens with zero attached hydrogens (tertiary/aromatic N) is 2. The first-order valence-corrected chi connectivity index (χ1v) is 16.9. The van der Waals surface area contributed by atoms with E-state index in [1.807, 2.05) is 11.3 Å². The molecule has 0 N–H and O–H groups in total. The maximum Gasteiger partial charge on any atom is 0.269 e. The molecule has 0 amide bonds. The van der Waals surface area contributed by atoms with Crippen molar-refractivity contribution in [1.82, 2.24) is 4.98 Å². The zero-order chi connectivity index (χ0) is 30.9. The summed E-state index contributed by atoms with van der Waals surface area (Å²) in [7, 11) is 0. The minimum atomic E-state index is 0.0777. The molecule has 2 aliphatic heterocycles. The van der Waals surface area contributed by atoms with Crippen LogP contribution in [0, 0.1) is 13.8 Å². The number of thiophene rings is 1. The van der Waals surface area contributed by atoms with Crippen molar-refractivity contribution in [1.29, 1.82) is 0 Å². The van der Waals surface area contributed by atoms with Gasteiger partial charge in [0.05, 0.1) is 22.8 Å². The highest BCUT2D eigenvalue weighted by atomic mass is 32.1. The van der Waals surface area contributed by atoms with Gasteiger partial charge in [-0.05, 0) is 89.4 Å². The summed E-state index contributed by atoms with van der Waals surface area (Å²) in [6, 6.07) is 23.0. The average Bonchev–Trinajstić information content (AvgIpc) is 3.35. The van der Waals surface area contributed by atoms with Crippen molar-refractivity contribution in [3.8, 4) is 11.5 Å². The predicted octanol–water partition coefficient (Wildman–Crippen LogP) is 8.96. The van der Waals surface area contributed by atoms with Crippen LogP contribution in [0.1, 0.15) is 89.4 Å². The Balaban J connectivity index is 1.48. The molecule has 0 atom stereocenters. The first-order valence-electron chi connectivity index (χ1n) is 16.1. The Bertz CT molecular complexity index is 2030. The monoisotopic (exact) mass is 596 g/mol. The Hall–Kier alpha value is -3.57. The number of pyridine rings is 1. The summed E-state index contributed by atoms with van der Waals surface area (Å²) in [6.45, 7) is 20.9. The van der Waals surface area contributed by atoms with E-state index in [1.54, 1.807) is 0 Å². The number of hydrogen-bond acceptors (Lipinski definition) is 4. The third-order valence-corrected chi connectivity index (χ3v) is 11.8. The molecule has 5 heteroatoms. The van der Waals surface area contributed by atoms with Gasteiger partial charge >= 0.3 is 0 Å². The van der Waals surface area contributed by atoms with Gasteiger partial charge in [0.15, 0.2) is 0 Å². The molecule has 44 heavy (non-hydrogen) atoms. The summed E-state index contributed by atoms with van der Waals surface area (Å²) in [4.78, 5) is 7.67. The van der Waals surface area contributed by atoms with Crippen molar-refractivity contribution >= 4 is 60.9 Å². The number of benzene rings is 3. The smallest absolute Gasteiger partial charge is 0.269 e. The van der Waals surface area contributed by atoms with E-state index < -0.39 is 0 Å². The molecule has 0 radical (unpaired) electrons. The molecule has 8 rings (SSSR count). The molecule has 4 heterocycles. The van der Waals surface area contributed by atoms with Crippen molar-refractivity contribution in [3.63, 3.8) is 0 Å². The van der Waals surface area contributed by atoms with Gasteiger partial charge in [0.2, 0.25) is 0 Å². The lowest BCUT2D eigenvalue weighted by atomic mass is 9.37. The predicted molar refractivity (Wildman–Crippen MR) is 189 cm³/mol. The van der Waals surface area contributed by atoms with Gasteiger partial charge in [-0.25, -0.2) is 0 Å². The zero-order valence-electron chi connectivity index (χ0n) is 27.5. The van der Waals surface area contributed by atoms with Gasteiger partial charge in [-0.1, -0.05) is 84.9 Å². The molecule has 5 aromatic rings. The fourth-order valence-electron chi connectivity index (χ4n) is 7.96. The summed E-state index contributed by atoms with van der Waals surface area (Å²) >= 11 is 1.95. The van der Waals surface area contributed by atoms with E-state index in [2.05, 4.69) is 128 Å². The van der Waals surface area contributed by atoms with Crippen LogP contribution >= 0.6 is 11.3 Å². The summed E-state index contributed by atoms with van der Waals surface area (Å²) in [5.41, 5.74) is 12.8. The van der Waals surface area contributed by atoms with Gasteiger partial charge < -0.3 is 9.64 Å². The van der Waals surface area contributed by atoms with Crippen LogP contribution in [0.4, 0.5) is 17.1 Å². The minimum absolute atomic E-state index is 0.0777. The normalized spacial score (nSPS) is 17.5. The van der Waals surface area contributed by atoms with Gasteiger partial charge in [-0.15, -0.1) is 11.3 Å². The van der Waals surface area contributed by atoms with Gasteiger partial charge in [-0.2, -0.15) is 0 Å². The molecule has 0 bridgehead atoms. The SMILES string of the molecule is Cc1nc(C)c2c3c1Oc1ccccc1B3c1sc3cc(C(C)(C)C)ccc3c1N2c1ccc2c(c1)C(C)(C)CCC2(C)C. The average molecular weight is 597 g/mol. The Kier molecular flexibility index (Phi) is 5.72. The third-order valence-electron chi connectivity index (χ3n) is 10.6. The summed E-state index contributed by atoms with van der Waals surface area (Å²) in [5, 5.41) is 1.31. The highest BCUT2D eigenvalue weighted by Gasteiger charge is 2.46. The number of aromatic nitrogens is 1.